The maximum atomic E-state index is 12.8. The lowest BCUT2D eigenvalue weighted by Crippen LogP contribution is -2.13. The fourth-order valence-corrected chi connectivity index (χ4v) is 4.13. The predicted octanol–water partition coefficient (Wildman–Crippen LogP) is 3.57. The van der Waals surface area contributed by atoms with Crippen LogP contribution in [0.25, 0.3) is 21.9 Å². The van der Waals surface area contributed by atoms with Crippen molar-refractivity contribution in [3.8, 4) is 0 Å². The number of benzene rings is 3. The highest BCUT2D eigenvalue weighted by Crippen LogP contribution is 2.26. The van der Waals surface area contributed by atoms with Crippen LogP contribution in [-0.4, -0.2) is 13.0 Å². The van der Waals surface area contributed by atoms with Gasteiger partial charge in [0.1, 0.15) is 0 Å². The van der Waals surface area contributed by atoms with Crippen LogP contribution in [0.1, 0.15) is 6.92 Å². The van der Waals surface area contributed by atoms with E-state index in [9.17, 15) is 13.2 Å². The zero-order valence-electron chi connectivity index (χ0n) is 14.0. The highest BCUT2D eigenvalue weighted by molar-refractivity contribution is 7.92. The van der Waals surface area contributed by atoms with Crippen LogP contribution in [0, 0.1) is 0 Å². The lowest BCUT2D eigenvalue weighted by atomic mass is 10.1. The molecule has 0 radical (unpaired) electrons. The van der Waals surface area contributed by atoms with E-state index in [1.807, 2.05) is 37.3 Å². The van der Waals surface area contributed by atoms with Crippen LogP contribution in [0.15, 0.2) is 74.8 Å². The summed E-state index contributed by atoms with van der Waals surface area (Å²) >= 11 is 0. The Morgan fingerprint density at radius 1 is 1.04 bits per heavy atom. The number of nitrogens with zero attached hydrogens (tertiary/aromatic N) is 1. The third-order valence-corrected chi connectivity index (χ3v) is 5.66. The second-order valence-corrected chi connectivity index (χ2v) is 7.56. The Morgan fingerprint density at radius 2 is 1.81 bits per heavy atom. The summed E-state index contributed by atoms with van der Waals surface area (Å²) in [7, 11) is -3.83. The third kappa shape index (κ3) is 2.66. The minimum Gasteiger partial charge on any atom is -0.408 e. The number of hydrogen-bond donors (Lipinski definition) is 1. The Hall–Kier alpha value is -3.06. The molecule has 1 heterocycles. The molecule has 0 bridgehead atoms. The second kappa shape index (κ2) is 6.03. The van der Waals surface area contributed by atoms with Crippen LogP contribution < -0.4 is 10.5 Å². The van der Waals surface area contributed by atoms with Crippen molar-refractivity contribution >= 4 is 37.6 Å². The monoisotopic (exact) mass is 368 g/mol. The molecule has 26 heavy (non-hydrogen) atoms. The van der Waals surface area contributed by atoms with Gasteiger partial charge in [0.2, 0.25) is 0 Å². The summed E-state index contributed by atoms with van der Waals surface area (Å²) in [6.45, 7) is 2.27. The third-order valence-electron chi connectivity index (χ3n) is 4.30. The number of oxazole rings is 1. The zero-order valence-corrected chi connectivity index (χ0v) is 14.8. The van der Waals surface area contributed by atoms with E-state index in [1.165, 1.54) is 16.7 Å². The number of nitrogens with one attached hydrogen (secondary N) is 1. The molecule has 0 fully saturated rings. The van der Waals surface area contributed by atoms with Gasteiger partial charge in [-0.25, -0.2) is 13.2 Å². The first kappa shape index (κ1) is 16.4. The number of fused-ring (bicyclic) bond motifs is 2. The molecule has 0 saturated heterocycles. The average Bonchev–Trinajstić information content (AvgIpc) is 2.96. The summed E-state index contributed by atoms with van der Waals surface area (Å²) in [4.78, 5) is 11.8. The van der Waals surface area contributed by atoms with Gasteiger partial charge >= 0.3 is 5.76 Å². The van der Waals surface area contributed by atoms with E-state index in [0.29, 0.717) is 17.7 Å². The molecule has 0 atom stereocenters. The lowest BCUT2D eigenvalue weighted by molar-refractivity contribution is 0.512. The predicted molar refractivity (Wildman–Crippen MR) is 101 cm³/mol. The van der Waals surface area contributed by atoms with Crippen LogP contribution in [0.2, 0.25) is 0 Å². The molecule has 0 saturated carbocycles. The summed E-state index contributed by atoms with van der Waals surface area (Å²) in [6.07, 6.45) is 0. The fraction of sp³-hybridized carbons (Fsp3) is 0.105. The first-order valence-electron chi connectivity index (χ1n) is 8.13. The first-order valence-corrected chi connectivity index (χ1v) is 9.62. The number of sulfonamides is 1. The Bertz CT molecular complexity index is 1280. The van der Waals surface area contributed by atoms with Gasteiger partial charge in [-0.05, 0) is 30.5 Å². The highest BCUT2D eigenvalue weighted by Gasteiger charge is 2.18. The topological polar surface area (TPSA) is 81.3 Å². The van der Waals surface area contributed by atoms with Crippen molar-refractivity contribution in [2.24, 2.45) is 0 Å². The molecule has 4 aromatic rings. The second-order valence-electron chi connectivity index (χ2n) is 5.87. The van der Waals surface area contributed by atoms with E-state index in [1.54, 1.807) is 18.2 Å². The van der Waals surface area contributed by atoms with Gasteiger partial charge in [-0.2, -0.15) is 0 Å². The van der Waals surface area contributed by atoms with Crippen LogP contribution >= 0.6 is 0 Å². The molecule has 0 aliphatic carbocycles. The van der Waals surface area contributed by atoms with E-state index in [2.05, 4.69) is 4.72 Å². The van der Waals surface area contributed by atoms with Gasteiger partial charge in [0.25, 0.3) is 10.0 Å². The quantitative estimate of drug-likeness (QED) is 0.597. The van der Waals surface area contributed by atoms with Crippen molar-refractivity contribution in [2.75, 3.05) is 4.72 Å². The Morgan fingerprint density at radius 3 is 2.62 bits per heavy atom. The van der Waals surface area contributed by atoms with Crippen LogP contribution in [0.4, 0.5) is 5.69 Å². The van der Waals surface area contributed by atoms with Crippen molar-refractivity contribution in [2.45, 2.75) is 18.4 Å². The molecule has 0 amide bonds. The van der Waals surface area contributed by atoms with Crippen molar-refractivity contribution in [3.63, 3.8) is 0 Å². The molecular weight excluding hydrogens is 352 g/mol. The minimum atomic E-state index is -3.83. The van der Waals surface area contributed by atoms with Crippen molar-refractivity contribution in [1.29, 1.82) is 0 Å². The smallest absolute Gasteiger partial charge is 0.408 e. The highest BCUT2D eigenvalue weighted by atomic mass is 32.2. The van der Waals surface area contributed by atoms with Crippen LogP contribution in [0.3, 0.4) is 0 Å². The van der Waals surface area contributed by atoms with Crippen molar-refractivity contribution < 1.29 is 12.8 Å². The molecule has 132 valence electrons. The molecule has 1 N–H and O–H groups in total. The molecule has 0 aliphatic rings. The standard InChI is InChI=1S/C19H16N2O4S/c1-2-21-17-11-10-14(12-18(17)25-19(21)22)26(23,24)20-16-9-5-7-13-6-3-4-8-15(13)16/h3-12,20H,2H2,1H3. The molecule has 0 spiro atoms. The van der Waals surface area contributed by atoms with Crippen LogP contribution in [-0.2, 0) is 16.6 Å². The van der Waals surface area contributed by atoms with E-state index in [4.69, 9.17) is 4.42 Å². The van der Waals surface area contributed by atoms with E-state index in [-0.39, 0.29) is 10.5 Å². The molecular formula is C19H16N2O4S. The normalized spacial score (nSPS) is 11.9. The van der Waals surface area contributed by atoms with Gasteiger partial charge in [0.05, 0.1) is 16.1 Å². The largest absolute Gasteiger partial charge is 0.419 e. The lowest BCUT2D eigenvalue weighted by Gasteiger charge is -2.11. The van der Waals surface area contributed by atoms with Crippen molar-refractivity contribution in [3.05, 3.63) is 71.2 Å². The number of aryl methyl sites for hydroxylation is 1. The first-order chi connectivity index (χ1) is 12.5. The van der Waals surface area contributed by atoms with Gasteiger partial charge < -0.3 is 4.42 Å². The van der Waals surface area contributed by atoms with Gasteiger partial charge in [-0.15, -0.1) is 0 Å². The average molecular weight is 368 g/mol. The zero-order chi connectivity index (χ0) is 18.3. The van der Waals surface area contributed by atoms with E-state index < -0.39 is 15.8 Å². The molecule has 0 aliphatic heterocycles. The number of hydrogen-bond acceptors (Lipinski definition) is 4. The molecule has 4 rings (SSSR count). The fourth-order valence-electron chi connectivity index (χ4n) is 3.03. The Balaban J connectivity index is 1.79. The Kier molecular flexibility index (Phi) is 3.81. The van der Waals surface area contributed by atoms with Crippen LogP contribution in [0.5, 0.6) is 0 Å². The maximum absolute atomic E-state index is 12.8. The van der Waals surface area contributed by atoms with Gasteiger partial charge in [0.15, 0.2) is 5.58 Å². The summed E-state index contributed by atoms with van der Waals surface area (Å²) < 4.78 is 34.9. The molecule has 1 aromatic heterocycles. The van der Waals surface area contributed by atoms with Gasteiger partial charge in [-0.1, -0.05) is 36.4 Å². The SMILES string of the molecule is CCn1c(=O)oc2cc(S(=O)(=O)Nc3cccc4ccccc34)ccc21. The van der Waals surface area contributed by atoms with Crippen molar-refractivity contribution in [1.82, 2.24) is 4.57 Å². The molecule has 7 heteroatoms. The van der Waals surface area contributed by atoms with Gasteiger partial charge in [0, 0.05) is 18.0 Å². The molecule has 3 aromatic carbocycles. The number of rotatable bonds is 4. The number of aromatic nitrogens is 1. The molecule has 6 nitrogen and oxygen atoms in total. The summed E-state index contributed by atoms with van der Waals surface area (Å²) in [6, 6.07) is 17.4. The number of anilines is 1. The summed E-state index contributed by atoms with van der Waals surface area (Å²) in [5.41, 5.74) is 1.31. The minimum absolute atomic E-state index is 0.0370. The van der Waals surface area contributed by atoms with Gasteiger partial charge in [-0.3, -0.25) is 9.29 Å². The van der Waals surface area contributed by atoms with E-state index >= 15 is 0 Å². The summed E-state index contributed by atoms with van der Waals surface area (Å²) in [5.74, 6) is -0.501. The molecule has 0 unspecified atom stereocenters. The summed E-state index contributed by atoms with van der Waals surface area (Å²) in [5, 5.41) is 1.75. The maximum Gasteiger partial charge on any atom is 0.419 e. The Labute approximate surface area is 149 Å². The van der Waals surface area contributed by atoms with E-state index in [0.717, 1.165) is 10.8 Å².